The number of anilines is 1. The van der Waals surface area contributed by atoms with Crippen molar-refractivity contribution in [2.75, 3.05) is 24.0 Å². The van der Waals surface area contributed by atoms with Crippen LogP contribution in [-0.2, 0) is 21.0 Å². The van der Waals surface area contributed by atoms with Crippen LogP contribution in [0.4, 0.5) is 23.2 Å². The molecule has 3 aromatic carbocycles. The van der Waals surface area contributed by atoms with Gasteiger partial charge in [-0.3, -0.25) is 9.10 Å². The Balaban J connectivity index is 1.54. The molecule has 2 aliphatic rings. The predicted molar refractivity (Wildman–Crippen MR) is 139 cm³/mol. The molecule has 0 bridgehead atoms. The average Bonchev–Trinajstić information content (AvgIpc) is 3.73. The summed E-state index contributed by atoms with van der Waals surface area (Å²) in [4.78, 5) is 11.9. The maximum Gasteiger partial charge on any atom is 0.416 e. The number of aliphatic hydroxyl groups is 1. The van der Waals surface area contributed by atoms with Crippen LogP contribution >= 0.6 is 11.6 Å². The van der Waals surface area contributed by atoms with Gasteiger partial charge in [0.1, 0.15) is 17.7 Å². The number of rotatable bonds is 7. The molecule has 1 fully saturated rings. The molecule has 1 aliphatic heterocycles. The Morgan fingerprint density at radius 3 is 2.52 bits per heavy atom. The van der Waals surface area contributed by atoms with Crippen molar-refractivity contribution < 1.29 is 40.6 Å². The maximum atomic E-state index is 14.1. The Bertz CT molecular complexity index is 1580. The van der Waals surface area contributed by atoms with Crippen molar-refractivity contribution in [3.8, 4) is 16.9 Å². The number of fused-ring (bicyclic) bond motifs is 1. The van der Waals surface area contributed by atoms with Crippen molar-refractivity contribution in [1.29, 1.82) is 0 Å². The van der Waals surface area contributed by atoms with E-state index in [9.17, 15) is 35.9 Å². The number of ether oxygens (including phenoxy) is 1. The smallest absolute Gasteiger partial charge is 0.416 e. The maximum absolute atomic E-state index is 14.1. The molecular formula is C27H23ClF4N2O5S. The highest BCUT2D eigenvalue weighted by atomic mass is 35.5. The summed E-state index contributed by atoms with van der Waals surface area (Å²) in [5.41, 5.74) is -1.37. The second kappa shape index (κ2) is 10.2. The molecule has 2 N–H and O–H groups in total. The predicted octanol–water partition coefficient (Wildman–Crippen LogP) is 5.01. The Kier molecular flexibility index (Phi) is 7.22. The van der Waals surface area contributed by atoms with Crippen molar-refractivity contribution in [2.45, 2.75) is 30.0 Å². The van der Waals surface area contributed by atoms with Crippen molar-refractivity contribution in [2.24, 2.45) is 5.41 Å². The highest BCUT2D eigenvalue weighted by Gasteiger charge is 2.49. The Morgan fingerprint density at radius 1 is 1.12 bits per heavy atom. The number of amides is 1. The van der Waals surface area contributed by atoms with Crippen molar-refractivity contribution in [1.82, 2.24) is 5.32 Å². The van der Waals surface area contributed by atoms with Gasteiger partial charge in [0.05, 0.1) is 46.3 Å². The van der Waals surface area contributed by atoms with Crippen LogP contribution in [0.5, 0.6) is 5.75 Å². The van der Waals surface area contributed by atoms with Gasteiger partial charge in [0, 0.05) is 5.56 Å². The molecule has 1 heterocycles. The lowest BCUT2D eigenvalue weighted by molar-refractivity contribution is -0.137. The summed E-state index contributed by atoms with van der Waals surface area (Å²) in [6.07, 6.45) is -4.64. The normalized spacial score (nSPS) is 18.1. The number of carbonyl (C=O) groups is 1. The average molecular weight is 599 g/mol. The van der Waals surface area contributed by atoms with Gasteiger partial charge in [0.15, 0.2) is 0 Å². The number of hydrogen-bond acceptors (Lipinski definition) is 5. The number of aliphatic hydroxyl groups excluding tert-OH is 1. The van der Waals surface area contributed by atoms with E-state index in [2.05, 4.69) is 5.32 Å². The molecule has 7 nitrogen and oxygen atoms in total. The zero-order chi connectivity index (χ0) is 28.9. The van der Waals surface area contributed by atoms with Gasteiger partial charge in [-0.15, -0.1) is 0 Å². The second-order valence-electron chi connectivity index (χ2n) is 9.73. The Hall–Kier alpha value is -3.35. The minimum Gasteiger partial charge on any atom is -0.484 e. The molecule has 13 heteroatoms. The van der Waals surface area contributed by atoms with Gasteiger partial charge in [-0.05, 0) is 54.8 Å². The van der Waals surface area contributed by atoms with E-state index < -0.39 is 49.9 Å². The Morgan fingerprint density at radius 2 is 1.85 bits per heavy atom. The second-order valence-corrected chi connectivity index (χ2v) is 12.0. The number of nitrogens with one attached hydrogen (secondary N) is 1. The highest BCUT2D eigenvalue weighted by molar-refractivity contribution is 7.92. The van der Waals surface area contributed by atoms with E-state index >= 15 is 0 Å². The molecule has 40 heavy (non-hydrogen) atoms. The first-order chi connectivity index (χ1) is 18.9. The molecule has 0 aromatic heterocycles. The summed E-state index contributed by atoms with van der Waals surface area (Å²) in [5.74, 6) is -0.998. The standard InChI is InChI=1S/C27H23ClF4N2O5S/c28-24-20(5-2-6-21(24)29)16-7-8-23-22(11-16)34(14-18(39-23)13-33-25(36)26(15-35)9-10-26)40(37,38)19-4-1-3-17(12-19)27(30,31)32/h1-8,11-12,18,35H,9-10,13-15H2,(H,33,36)/t18-/m0/s1. The minimum absolute atomic E-state index is 0.00633. The van der Waals surface area contributed by atoms with Gasteiger partial charge < -0.3 is 15.2 Å². The number of halogens is 5. The summed E-state index contributed by atoms with van der Waals surface area (Å²) in [6.45, 7) is -0.793. The first-order valence-electron chi connectivity index (χ1n) is 12.2. The van der Waals surface area contributed by atoms with Crippen LogP contribution in [0.25, 0.3) is 11.1 Å². The summed E-state index contributed by atoms with van der Waals surface area (Å²) in [7, 11) is -4.57. The van der Waals surface area contributed by atoms with Crippen LogP contribution in [0.2, 0.25) is 5.02 Å². The molecule has 0 unspecified atom stereocenters. The van der Waals surface area contributed by atoms with Crippen LogP contribution in [0.1, 0.15) is 18.4 Å². The summed E-state index contributed by atoms with van der Waals surface area (Å²) in [5, 5.41) is 12.0. The fourth-order valence-corrected chi connectivity index (χ4v) is 6.28. The third kappa shape index (κ3) is 5.23. The first-order valence-corrected chi connectivity index (χ1v) is 14.0. The lowest BCUT2D eigenvalue weighted by Gasteiger charge is -2.36. The third-order valence-electron chi connectivity index (χ3n) is 7.03. The number of carbonyl (C=O) groups excluding carboxylic acids is 1. The molecule has 1 aliphatic carbocycles. The summed E-state index contributed by atoms with van der Waals surface area (Å²) in [6, 6.07) is 11.9. The summed E-state index contributed by atoms with van der Waals surface area (Å²) < 4.78 is 88.8. The number of nitrogens with zero attached hydrogens (tertiary/aromatic N) is 1. The molecule has 5 rings (SSSR count). The van der Waals surface area contributed by atoms with Crippen LogP contribution in [-0.4, -0.2) is 45.2 Å². The summed E-state index contributed by atoms with van der Waals surface area (Å²) >= 11 is 6.14. The molecule has 3 aromatic rings. The van der Waals surface area contributed by atoms with Gasteiger partial charge >= 0.3 is 6.18 Å². The topological polar surface area (TPSA) is 95.9 Å². The van der Waals surface area contributed by atoms with Crippen LogP contribution in [0.15, 0.2) is 65.6 Å². The molecule has 1 amide bonds. The largest absolute Gasteiger partial charge is 0.484 e. The van der Waals surface area contributed by atoms with Crippen molar-refractivity contribution >= 4 is 33.2 Å². The fourth-order valence-electron chi connectivity index (χ4n) is 4.50. The molecule has 212 valence electrons. The van der Waals surface area contributed by atoms with E-state index in [0.717, 1.165) is 22.5 Å². The van der Waals surface area contributed by atoms with E-state index in [-0.39, 0.29) is 41.7 Å². The van der Waals surface area contributed by atoms with Crippen molar-refractivity contribution in [3.63, 3.8) is 0 Å². The van der Waals surface area contributed by atoms with Crippen molar-refractivity contribution in [3.05, 3.63) is 77.1 Å². The number of sulfonamides is 1. The highest BCUT2D eigenvalue weighted by Crippen LogP contribution is 2.45. The molecule has 0 saturated heterocycles. The lowest BCUT2D eigenvalue weighted by Crippen LogP contribution is -2.49. The van der Waals surface area contributed by atoms with E-state index in [1.807, 2.05) is 0 Å². The van der Waals surface area contributed by atoms with Crippen LogP contribution in [0.3, 0.4) is 0 Å². The number of alkyl halides is 3. The van der Waals surface area contributed by atoms with Crippen LogP contribution < -0.4 is 14.4 Å². The van der Waals surface area contributed by atoms with E-state index in [4.69, 9.17) is 16.3 Å². The van der Waals surface area contributed by atoms with E-state index in [0.29, 0.717) is 24.5 Å². The molecule has 0 spiro atoms. The Labute approximate surface area is 232 Å². The zero-order valence-corrected chi connectivity index (χ0v) is 22.3. The third-order valence-corrected chi connectivity index (χ3v) is 9.19. The molecule has 0 radical (unpaired) electrons. The first kappa shape index (κ1) is 28.2. The van der Waals surface area contributed by atoms with Gasteiger partial charge in [0.2, 0.25) is 5.91 Å². The minimum atomic E-state index is -4.77. The molecule has 1 saturated carbocycles. The number of hydrogen-bond donors (Lipinski definition) is 2. The lowest BCUT2D eigenvalue weighted by atomic mass is 10.0. The molecule has 1 atom stereocenters. The number of benzene rings is 3. The monoisotopic (exact) mass is 598 g/mol. The van der Waals surface area contributed by atoms with Crippen LogP contribution in [0, 0.1) is 11.2 Å². The fraction of sp³-hybridized carbons (Fsp3) is 0.296. The van der Waals surface area contributed by atoms with E-state index in [1.54, 1.807) is 6.07 Å². The molecular weight excluding hydrogens is 576 g/mol. The SMILES string of the molecule is O=C(NC[C@H]1CN(S(=O)(=O)c2cccc(C(F)(F)F)c2)c2cc(-c3cccc(F)c3Cl)ccc2O1)C1(CO)CC1. The van der Waals surface area contributed by atoms with E-state index in [1.165, 1.54) is 30.3 Å². The quantitative estimate of drug-likeness (QED) is 0.373. The van der Waals surface area contributed by atoms with Gasteiger partial charge in [-0.25, -0.2) is 12.8 Å². The van der Waals surface area contributed by atoms with Gasteiger partial charge in [-0.1, -0.05) is 35.9 Å². The zero-order valence-electron chi connectivity index (χ0n) is 20.7. The van der Waals surface area contributed by atoms with Gasteiger partial charge in [-0.2, -0.15) is 13.2 Å². The van der Waals surface area contributed by atoms with Gasteiger partial charge in [0.25, 0.3) is 10.0 Å².